The Morgan fingerprint density at radius 2 is 1.68 bits per heavy atom. The van der Waals surface area contributed by atoms with E-state index < -0.39 is 18.5 Å². The predicted octanol–water partition coefficient (Wildman–Crippen LogP) is 2.52. The maximum atomic E-state index is 12.3. The van der Waals surface area contributed by atoms with Gasteiger partial charge in [0.1, 0.15) is 5.78 Å². The summed E-state index contributed by atoms with van der Waals surface area (Å²) in [5.41, 5.74) is 1.24. The fourth-order valence-electron chi connectivity index (χ4n) is 2.20. The molecule has 0 radical (unpaired) electrons. The molecule has 0 fully saturated rings. The smallest absolute Gasteiger partial charge is 0.339 e. The van der Waals surface area contributed by atoms with Crippen LogP contribution >= 0.6 is 11.8 Å². The fraction of sp³-hybridized carbons (Fsp3) is 0.200. The van der Waals surface area contributed by atoms with Crippen LogP contribution in [0.25, 0.3) is 0 Å². The van der Waals surface area contributed by atoms with Crippen molar-refractivity contribution in [2.45, 2.75) is 11.8 Å². The van der Waals surface area contributed by atoms with E-state index in [0.29, 0.717) is 21.7 Å². The third-order valence-electron chi connectivity index (χ3n) is 3.53. The van der Waals surface area contributed by atoms with Crippen LogP contribution in [0.1, 0.15) is 27.6 Å². The van der Waals surface area contributed by atoms with Gasteiger partial charge in [-0.1, -0.05) is 12.1 Å². The van der Waals surface area contributed by atoms with Gasteiger partial charge in [0.15, 0.2) is 6.61 Å². The number of hydrogen-bond donors (Lipinski definition) is 2. The Kier molecular flexibility index (Phi) is 7.76. The molecule has 7 nitrogen and oxygen atoms in total. The topological polar surface area (TPSA) is 102 Å². The molecule has 28 heavy (non-hydrogen) atoms. The summed E-state index contributed by atoms with van der Waals surface area (Å²) in [6, 6.07) is 13.1. The number of Topliss-reactive ketones (excluding diaryl/α,β-unsaturated/α-hetero) is 1. The Hall–Kier alpha value is -3.13. The molecule has 0 saturated heterocycles. The van der Waals surface area contributed by atoms with E-state index in [1.165, 1.54) is 25.7 Å². The second-order valence-electron chi connectivity index (χ2n) is 5.77. The molecule has 146 valence electrons. The van der Waals surface area contributed by atoms with Crippen molar-refractivity contribution in [2.75, 3.05) is 24.7 Å². The van der Waals surface area contributed by atoms with Crippen molar-refractivity contribution >= 4 is 41.0 Å². The van der Waals surface area contributed by atoms with Crippen LogP contribution in [0.4, 0.5) is 5.69 Å². The Labute approximate surface area is 166 Å². The van der Waals surface area contributed by atoms with Crippen LogP contribution in [-0.2, 0) is 14.3 Å². The average molecular weight is 400 g/mol. The zero-order valence-corrected chi connectivity index (χ0v) is 16.3. The summed E-state index contributed by atoms with van der Waals surface area (Å²) in [7, 11) is 1.53. The van der Waals surface area contributed by atoms with Gasteiger partial charge in [-0.3, -0.25) is 14.4 Å². The summed E-state index contributed by atoms with van der Waals surface area (Å²) in [6.45, 7) is 1.02. The largest absolute Gasteiger partial charge is 0.452 e. The lowest BCUT2D eigenvalue weighted by molar-refractivity contribution is -0.119. The van der Waals surface area contributed by atoms with Gasteiger partial charge in [0.25, 0.3) is 11.8 Å². The number of rotatable bonds is 8. The summed E-state index contributed by atoms with van der Waals surface area (Å²) >= 11 is 1.24. The van der Waals surface area contributed by atoms with Crippen LogP contribution in [0.15, 0.2) is 53.4 Å². The number of benzene rings is 2. The molecule has 0 unspecified atom stereocenters. The van der Waals surface area contributed by atoms with E-state index in [9.17, 15) is 19.2 Å². The SMILES string of the molecule is CNC(=O)c1ccc(NC(=O)COC(=O)c2ccccc2SCC(C)=O)cc1. The molecule has 0 heterocycles. The van der Waals surface area contributed by atoms with E-state index in [1.54, 1.807) is 48.5 Å². The molecule has 0 spiro atoms. The molecule has 2 N–H and O–H groups in total. The molecule has 2 amide bonds. The van der Waals surface area contributed by atoms with E-state index >= 15 is 0 Å². The summed E-state index contributed by atoms with van der Waals surface area (Å²) < 4.78 is 5.08. The Morgan fingerprint density at radius 3 is 2.32 bits per heavy atom. The maximum Gasteiger partial charge on any atom is 0.339 e. The van der Waals surface area contributed by atoms with Crippen molar-refractivity contribution in [3.63, 3.8) is 0 Å². The van der Waals surface area contributed by atoms with Gasteiger partial charge in [0.05, 0.1) is 11.3 Å². The Balaban J connectivity index is 1.91. The molecule has 0 aromatic heterocycles. The highest BCUT2D eigenvalue weighted by atomic mass is 32.2. The van der Waals surface area contributed by atoms with E-state index in [1.807, 2.05) is 0 Å². The predicted molar refractivity (Wildman–Crippen MR) is 107 cm³/mol. The van der Waals surface area contributed by atoms with Crippen molar-refractivity contribution in [3.05, 3.63) is 59.7 Å². The van der Waals surface area contributed by atoms with Gasteiger partial charge in [-0.05, 0) is 43.3 Å². The number of thioether (sulfide) groups is 1. The van der Waals surface area contributed by atoms with Crippen molar-refractivity contribution in [1.29, 1.82) is 0 Å². The zero-order valence-electron chi connectivity index (χ0n) is 15.5. The van der Waals surface area contributed by atoms with E-state index in [2.05, 4.69) is 10.6 Å². The van der Waals surface area contributed by atoms with Gasteiger partial charge in [0, 0.05) is 23.2 Å². The summed E-state index contributed by atoms with van der Waals surface area (Å²) in [5.74, 6) is -1.13. The molecule has 0 aliphatic rings. The molecule has 0 bridgehead atoms. The highest BCUT2D eigenvalue weighted by Gasteiger charge is 2.15. The number of anilines is 1. The minimum atomic E-state index is -0.642. The van der Waals surface area contributed by atoms with Gasteiger partial charge in [-0.2, -0.15) is 0 Å². The molecule has 0 aliphatic heterocycles. The number of hydrogen-bond acceptors (Lipinski definition) is 6. The number of amides is 2. The molecular formula is C20H20N2O5S. The van der Waals surface area contributed by atoms with Gasteiger partial charge in [-0.15, -0.1) is 11.8 Å². The number of esters is 1. The van der Waals surface area contributed by atoms with E-state index in [-0.39, 0.29) is 17.4 Å². The first-order valence-electron chi connectivity index (χ1n) is 8.41. The fourth-order valence-corrected chi connectivity index (χ4v) is 3.04. The highest BCUT2D eigenvalue weighted by molar-refractivity contribution is 8.00. The number of carbonyl (C=O) groups excluding carboxylic acids is 4. The summed E-state index contributed by atoms with van der Waals surface area (Å²) in [6.07, 6.45) is 0. The molecule has 0 aliphatic carbocycles. The first-order chi connectivity index (χ1) is 13.4. The molecule has 0 saturated carbocycles. The summed E-state index contributed by atoms with van der Waals surface area (Å²) in [4.78, 5) is 47.5. The molecule has 0 atom stereocenters. The minimum absolute atomic E-state index is 0.00464. The zero-order chi connectivity index (χ0) is 20.5. The first-order valence-corrected chi connectivity index (χ1v) is 9.39. The number of ketones is 1. The lowest BCUT2D eigenvalue weighted by Crippen LogP contribution is -2.21. The first kappa shape index (κ1) is 21.2. The Morgan fingerprint density at radius 1 is 1.00 bits per heavy atom. The van der Waals surface area contributed by atoms with Gasteiger partial charge in [0.2, 0.25) is 0 Å². The third kappa shape index (κ3) is 6.24. The van der Waals surface area contributed by atoms with Crippen LogP contribution in [0.2, 0.25) is 0 Å². The van der Waals surface area contributed by atoms with Crippen molar-refractivity contribution in [1.82, 2.24) is 5.32 Å². The number of ether oxygens (including phenoxy) is 1. The molecule has 2 aromatic rings. The van der Waals surface area contributed by atoms with Gasteiger partial charge in [-0.25, -0.2) is 4.79 Å². The highest BCUT2D eigenvalue weighted by Crippen LogP contribution is 2.23. The van der Waals surface area contributed by atoms with Crippen LogP contribution in [0.3, 0.4) is 0 Å². The Bertz CT molecular complexity index is 880. The molecule has 2 aromatic carbocycles. The van der Waals surface area contributed by atoms with Crippen LogP contribution in [-0.4, -0.2) is 43.0 Å². The number of carbonyl (C=O) groups is 4. The second-order valence-corrected chi connectivity index (χ2v) is 6.78. The minimum Gasteiger partial charge on any atom is -0.452 e. The number of nitrogens with one attached hydrogen (secondary N) is 2. The molecular weight excluding hydrogens is 380 g/mol. The van der Waals surface area contributed by atoms with Gasteiger partial charge >= 0.3 is 5.97 Å². The molecule has 2 rings (SSSR count). The van der Waals surface area contributed by atoms with Crippen molar-refractivity contribution < 1.29 is 23.9 Å². The lowest BCUT2D eigenvalue weighted by atomic mass is 10.2. The maximum absolute atomic E-state index is 12.3. The normalized spacial score (nSPS) is 10.1. The average Bonchev–Trinajstić information content (AvgIpc) is 2.70. The van der Waals surface area contributed by atoms with Crippen LogP contribution in [0, 0.1) is 0 Å². The van der Waals surface area contributed by atoms with Crippen LogP contribution in [0.5, 0.6) is 0 Å². The molecule has 8 heteroatoms. The van der Waals surface area contributed by atoms with Crippen LogP contribution < -0.4 is 10.6 Å². The quantitative estimate of drug-likeness (QED) is 0.522. The second kappa shape index (κ2) is 10.3. The van der Waals surface area contributed by atoms with Crippen molar-refractivity contribution in [3.8, 4) is 0 Å². The summed E-state index contributed by atoms with van der Waals surface area (Å²) in [5, 5.41) is 5.10. The van der Waals surface area contributed by atoms with E-state index in [0.717, 1.165) is 0 Å². The van der Waals surface area contributed by atoms with Crippen molar-refractivity contribution in [2.24, 2.45) is 0 Å². The van der Waals surface area contributed by atoms with E-state index in [4.69, 9.17) is 4.74 Å². The monoisotopic (exact) mass is 400 g/mol. The van der Waals surface area contributed by atoms with Gasteiger partial charge < -0.3 is 15.4 Å². The lowest BCUT2D eigenvalue weighted by Gasteiger charge is -2.09. The standard InChI is InChI=1S/C20H20N2O5S/c1-13(23)12-28-17-6-4-3-5-16(17)20(26)27-11-18(24)22-15-9-7-14(8-10-15)19(25)21-2/h3-10H,11-12H2,1-2H3,(H,21,25)(H,22,24). The third-order valence-corrected chi connectivity index (χ3v) is 4.75.